The Balaban J connectivity index is 1.65. The van der Waals surface area contributed by atoms with Gasteiger partial charge in [-0.25, -0.2) is 5.43 Å². The van der Waals surface area contributed by atoms with Gasteiger partial charge < -0.3 is 4.42 Å². The van der Waals surface area contributed by atoms with Crippen molar-refractivity contribution >= 4 is 18.0 Å². The van der Waals surface area contributed by atoms with Gasteiger partial charge in [0.15, 0.2) is 5.76 Å². The number of hydrogen-bond acceptors (Lipinski definition) is 7. The Morgan fingerprint density at radius 3 is 2.53 bits per heavy atom. The first-order valence-corrected chi connectivity index (χ1v) is 10.1. The molecule has 0 radical (unpaired) electrons. The van der Waals surface area contributed by atoms with Crippen LogP contribution in [-0.4, -0.2) is 66.1 Å². The maximum atomic E-state index is 12.0. The average molecular weight is 418 g/mol. The van der Waals surface area contributed by atoms with Crippen LogP contribution >= 0.6 is 0 Å². The lowest BCUT2D eigenvalue weighted by atomic mass is 10.1. The molecule has 1 N–H and O–H groups in total. The van der Waals surface area contributed by atoms with Gasteiger partial charge in [0.05, 0.1) is 18.8 Å². The minimum atomic E-state index is -0.628. The summed E-state index contributed by atoms with van der Waals surface area (Å²) in [6.07, 6.45) is 8.00. The molecule has 0 aliphatic carbocycles. The van der Waals surface area contributed by atoms with Crippen LogP contribution in [0.3, 0.4) is 0 Å². The Hall–Kier alpha value is -2.78. The molecule has 0 saturated carbocycles. The number of nitrogens with zero attached hydrogens (tertiary/aromatic N) is 4. The minimum absolute atomic E-state index is 0.208. The molecule has 9 nitrogen and oxygen atoms in total. The topological polar surface area (TPSA) is 104 Å². The molecule has 0 bridgehead atoms. The molecule has 1 amide bonds. The number of hydrazone groups is 1. The fourth-order valence-corrected chi connectivity index (χ4v) is 3.02. The molecule has 1 fully saturated rings. The zero-order valence-corrected chi connectivity index (χ0v) is 18.0. The summed E-state index contributed by atoms with van der Waals surface area (Å²) >= 11 is 0. The van der Waals surface area contributed by atoms with Crippen LogP contribution in [0.25, 0.3) is 0 Å². The maximum absolute atomic E-state index is 12.0. The highest BCUT2D eigenvalue weighted by Crippen LogP contribution is 2.13. The molecule has 164 valence electrons. The van der Waals surface area contributed by atoms with Gasteiger partial charge in [-0.1, -0.05) is 23.3 Å². The van der Waals surface area contributed by atoms with Crippen molar-refractivity contribution in [3.05, 3.63) is 51.3 Å². The Bertz CT molecular complexity index is 800. The summed E-state index contributed by atoms with van der Waals surface area (Å²) in [5.41, 5.74) is 5.20. The monoisotopic (exact) mass is 417 g/mol. The smallest absolute Gasteiger partial charge is 0.400 e. The van der Waals surface area contributed by atoms with Crippen LogP contribution in [0.5, 0.6) is 0 Å². The van der Waals surface area contributed by atoms with Gasteiger partial charge in [0, 0.05) is 32.7 Å². The lowest BCUT2D eigenvalue weighted by Gasteiger charge is -2.33. The number of piperazine rings is 1. The fourth-order valence-electron chi connectivity index (χ4n) is 3.02. The Labute approximate surface area is 177 Å². The van der Waals surface area contributed by atoms with Crippen molar-refractivity contribution in [2.45, 2.75) is 33.6 Å². The van der Waals surface area contributed by atoms with E-state index in [0.717, 1.165) is 45.6 Å². The number of amides is 1. The third-order valence-electron chi connectivity index (χ3n) is 4.79. The number of carbonyl (C=O) groups excluding carboxylic acids is 1. The highest BCUT2D eigenvalue weighted by Gasteiger charge is 2.18. The third-order valence-corrected chi connectivity index (χ3v) is 4.79. The summed E-state index contributed by atoms with van der Waals surface area (Å²) in [6.45, 7) is 11.1. The zero-order valence-electron chi connectivity index (χ0n) is 18.0. The van der Waals surface area contributed by atoms with E-state index < -0.39 is 4.92 Å². The molecule has 1 aromatic rings. The molecule has 2 rings (SSSR count). The first kappa shape index (κ1) is 23.5. The summed E-state index contributed by atoms with van der Waals surface area (Å²) in [6, 6.07) is 2.66. The predicted molar refractivity (Wildman–Crippen MR) is 116 cm³/mol. The molecule has 1 aliphatic heterocycles. The lowest BCUT2D eigenvalue weighted by molar-refractivity contribution is -0.402. The summed E-state index contributed by atoms with van der Waals surface area (Å²) in [5.74, 6) is -0.380. The van der Waals surface area contributed by atoms with E-state index in [1.54, 1.807) is 0 Å². The molecule has 0 spiro atoms. The molecular weight excluding hydrogens is 386 g/mol. The van der Waals surface area contributed by atoms with E-state index in [-0.39, 0.29) is 24.1 Å². The predicted octanol–water partition coefficient (Wildman–Crippen LogP) is 2.95. The van der Waals surface area contributed by atoms with Gasteiger partial charge in [-0.05, 0) is 39.7 Å². The maximum Gasteiger partial charge on any atom is 0.433 e. The normalized spacial score (nSPS) is 16.0. The molecule has 1 aliphatic rings. The SMILES string of the molecule is CC(C)=CCC/C(C)=C/CN1CCN(CC(=O)N/N=C\c2ccc([N+](=O)[O-])o2)CC1. The van der Waals surface area contributed by atoms with E-state index in [0.29, 0.717) is 0 Å². The number of carbonyl (C=O) groups is 1. The van der Waals surface area contributed by atoms with Crippen LogP contribution in [0.2, 0.25) is 0 Å². The van der Waals surface area contributed by atoms with Crippen LogP contribution in [0.4, 0.5) is 5.88 Å². The number of hydrogen-bond donors (Lipinski definition) is 1. The quantitative estimate of drug-likeness (QED) is 0.272. The summed E-state index contributed by atoms with van der Waals surface area (Å²) in [5, 5.41) is 14.4. The second-order valence-electron chi connectivity index (χ2n) is 7.67. The van der Waals surface area contributed by atoms with Gasteiger partial charge in [0.2, 0.25) is 0 Å². The van der Waals surface area contributed by atoms with Gasteiger partial charge in [-0.15, -0.1) is 0 Å². The lowest BCUT2D eigenvalue weighted by Crippen LogP contribution is -2.49. The van der Waals surface area contributed by atoms with Gasteiger partial charge >= 0.3 is 5.88 Å². The van der Waals surface area contributed by atoms with Crippen molar-refractivity contribution in [2.24, 2.45) is 5.10 Å². The van der Waals surface area contributed by atoms with Crippen molar-refractivity contribution in [2.75, 3.05) is 39.3 Å². The second kappa shape index (κ2) is 12.0. The summed E-state index contributed by atoms with van der Waals surface area (Å²) < 4.78 is 4.94. The van der Waals surface area contributed by atoms with E-state index in [9.17, 15) is 14.9 Å². The number of furan rings is 1. The number of allylic oxidation sites excluding steroid dienone is 3. The van der Waals surface area contributed by atoms with Crippen LogP contribution in [0, 0.1) is 10.1 Å². The fraction of sp³-hybridized carbons (Fsp3) is 0.524. The Morgan fingerprint density at radius 2 is 1.90 bits per heavy atom. The molecule has 9 heteroatoms. The highest BCUT2D eigenvalue weighted by atomic mass is 16.6. The van der Waals surface area contributed by atoms with E-state index in [2.05, 4.69) is 53.3 Å². The average Bonchev–Trinajstić information content (AvgIpc) is 3.16. The van der Waals surface area contributed by atoms with E-state index >= 15 is 0 Å². The van der Waals surface area contributed by atoms with Crippen molar-refractivity contribution in [1.82, 2.24) is 15.2 Å². The summed E-state index contributed by atoms with van der Waals surface area (Å²) in [7, 11) is 0. The third kappa shape index (κ3) is 8.71. The number of rotatable bonds is 10. The van der Waals surface area contributed by atoms with Crippen molar-refractivity contribution < 1.29 is 14.1 Å². The van der Waals surface area contributed by atoms with Gasteiger partial charge in [-0.2, -0.15) is 5.10 Å². The molecular formula is C21H31N5O4. The van der Waals surface area contributed by atoms with Crippen LogP contribution in [0.1, 0.15) is 39.4 Å². The summed E-state index contributed by atoms with van der Waals surface area (Å²) in [4.78, 5) is 26.4. The van der Waals surface area contributed by atoms with Crippen LogP contribution in [-0.2, 0) is 4.79 Å². The van der Waals surface area contributed by atoms with E-state index in [1.165, 1.54) is 29.5 Å². The number of nitrogens with one attached hydrogen (secondary N) is 1. The molecule has 0 unspecified atom stereocenters. The largest absolute Gasteiger partial charge is 0.433 e. The first-order chi connectivity index (χ1) is 14.3. The van der Waals surface area contributed by atoms with E-state index in [4.69, 9.17) is 4.42 Å². The minimum Gasteiger partial charge on any atom is -0.400 e. The van der Waals surface area contributed by atoms with Gasteiger partial charge in [0.25, 0.3) is 5.91 Å². The zero-order chi connectivity index (χ0) is 21.9. The molecule has 2 heterocycles. The first-order valence-electron chi connectivity index (χ1n) is 10.1. The van der Waals surface area contributed by atoms with Crippen LogP contribution < -0.4 is 5.43 Å². The highest BCUT2D eigenvalue weighted by molar-refractivity contribution is 5.81. The molecule has 30 heavy (non-hydrogen) atoms. The van der Waals surface area contributed by atoms with Gasteiger partial charge in [0.1, 0.15) is 4.92 Å². The Kier molecular flexibility index (Phi) is 9.43. The second-order valence-corrected chi connectivity index (χ2v) is 7.67. The van der Waals surface area contributed by atoms with Crippen molar-refractivity contribution in [1.29, 1.82) is 0 Å². The van der Waals surface area contributed by atoms with E-state index in [1.807, 2.05) is 0 Å². The molecule has 1 saturated heterocycles. The molecule has 0 aromatic carbocycles. The van der Waals surface area contributed by atoms with Crippen LogP contribution in [0.15, 0.2) is 44.9 Å². The van der Waals surface area contributed by atoms with Crippen molar-refractivity contribution in [3.8, 4) is 0 Å². The Morgan fingerprint density at radius 1 is 1.20 bits per heavy atom. The number of nitro groups is 1. The standard InChI is InChI=1S/C21H31N5O4/c1-17(2)5-4-6-18(3)9-10-24-11-13-25(14-12-24)16-20(27)23-22-15-19-7-8-21(30-19)26(28)29/h5,7-9,15H,4,6,10-14,16H2,1-3H3,(H,23,27)/b18-9+,22-15-. The van der Waals surface area contributed by atoms with Crippen molar-refractivity contribution in [3.63, 3.8) is 0 Å². The van der Waals surface area contributed by atoms with Gasteiger partial charge in [-0.3, -0.25) is 24.7 Å². The molecule has 1 aromatic heterocycles. The molecule has 0 atom stereocenters.